The van der Waals surface area contributed by atoms with Gasteiger partial charge in [-0.05, 0) is 48.1 Å². The molecule has 0 fully saturated rings. The molecule has 0 aliphatic carbocycles. The van der Waals surface area contributed by atoms with E-state index in [0.717, 1.165) is 11.3 Å². The van der Waals surface area contributed by atoms with Crippen LogP contribution in [-0.2, 0) is 4.79 Å². The van der Waals surface area contributed by atoms with Gasteiger partial charge in [-0.25, -0.2) is 0 Å². The van der Waals surface area contributed by atoms with Gasteiger partial charge in [-0.3, -0.25) is 14.9 Å². The number of ether oxygens (including phenoxy) is 1. The summed E-state index contributed by atoms with van der Waals surface area (Å²) in [7, 11) is 1.59. The molecule has 2 aromatic rings. The van der Waals surface area contributed by atoms with E-state index in [1.165, 1.54) is 6.08 Å². The third-order valence-corrected chi connectivity index (χ3v) is 3.81. The molecule has 0 saturated heterocycles. The minimum atomic E-state index is -0.387. The summed E-state index contributed by atoms with van der Waals surface area (Å²) in [4.78, 5) is 24.2. The Morgan fingerprint density at radius 1 is 1.14 bits per heavy atom. The number of hydrogen-bond donors (Lipinski definition) is 3. The van der Waals surface area contributed by atoms with Gasteiger partial charge in [0.1, 0.15) is 5.75 Å². The number of anilines is 1. The lowest BCUT2D eigenvalue weighted by atomic mass is 10.1. The predicted molar refractivity (Wildman–Crippen MR) is 115 cm³/mol. The van der Waals surface area contributed by atoms with E-state index in [4.69, 9.17) is 17.0 Å². The molecule has 28 heavy (non-hydrogen) atoms. The third kappa shape index (κ3) is 6.37. The molecule has 0 unspecified atom stereocenters. The molecule has 0 aliphatic rings. The Labute approximate surface area is 169 Å². The number of para-hydroxylation sites is 1. The number of hydrogen-bond acceptors (Lipinski definition) is 4. The van der Waals surface area contributed by atoms with E-state index in [9.17, 15) is 9.59 Å². The Hall–Kier alpha value is -3.45. The smallest absolute Gasteiger partial charge is 0.253 e. The number of carbonyl (C=O) groups excluding carboxylic acids is 2. The summed E-state index contributed by atoms with van der Waals surface area (Å²) in [6, 6.07) is 14.1. The van der Waals surface area contributed by atoms with Crippen LogP contribution in [-0.4, -0.2) is 30.6 Å². The molecule has 0 saturated carbocycles. The number of amides is 2. The van der Waals surface area contributed by atoms with E-state index in [1.807, 2.05) is 12.1 Å². The van der Waals surface area contributed by atoms with Gasteiger partial charge < -0.3 is 15.4 Å². The Kier molecular flexibility index (Phi) is 7.92. The van der Waals surface area contributed by atoms with Crippen LogP contribution in [0.15, 0.2) is 67.3 Å². The Morgan fingerprint density at radius 3 is 2.54 bits per heavy atom. The van der Waals surface area contributed by atoms with Crippen LogP contribution < -0.4 is 20.7 Å². The first-order valence-corrected chi connectivity index (χ1v) is 8.86. The van der Waals surface area contributed by atoms with Crippen molar-refractivity contribution in [3.63, 3.8) is 0 Å². The Morgan fingerprint density at radius 2 is 1.86 bits per heavy atom. The molecule has 144 valence electrons. The molecule has 2 rings (SSSR count). The maximum absolute atomic E-state index is 12.2. The zero-order valence-electron chi connectivity index (χ0n) is 15.4. The average Bonchev–Trinajstić information content (AvgIpc) is 2.71. The van der Waals surface area contributed by atoms with Crippen molar-refractivity contribution in [3.05, 3.63) is 78.4 Å². The lowest BCUT2D eigenvalue weighted by Crippen LogP contribution is -2.34. The summed E-state index contributed by atoms with van der Waals surface area (Å²) in [5.41, 5.74) is 1.75. The zero-order chi connectivity index (χ0) is 20.4. The minimum absolute atomic E-state index is 0.0911. The summed E-state index contributed by atoms with van der Waals surface area (Å²) in [6.45, 7) is 3.92. The van der Waals surface area contributed by atoms with E-state index >= 15 is 0 Å². The lowest BCUT2D eigenvalue weighted by Gasteiger charge is -2.12. The molecule has 0 atom stereocenters. The van der Waals surface area contributed by atoms with Crippen LogP contribution in [0, 0.1) is 0 Å². The van der Waals surface area contributed by atoms with Crippen LogP contribution in [0.4, 0.5) is 5.69 Å². The predicted octanol–water partition coefficient (Wildman–Crippen LogP) is 3.14. The highest BCUT2D eigenvalue weighted by molar-refractivity contribution is 7.80. The van der Waals surface area contributed by atoms with Gasteiger partial charge in [0, 0.05) is 12.6 Å². The van der Waals surface area contributed by atoms with Crippen molar-refractivity contribution in [2.24, 2.45) is 0 Å². The van der Waals surface area contributed by atoms with Crippen molar-refractivity contribution in [1.29, 1.82) is 0 Å². The molecule has 0 spiro atoms. The van der Waals surface area contributed by atoms with Crippen molar-refractivity contribution < 1.29 is 14.3 Å². The largest absolute Gasteiger partial charge is 0.497 e. The summed E-state index contributed by atoms with van der Waals surface area (Å²) in [5.74, 6) is 0.0845. The third-order valence-electron chi connectivity index (χ3n) is 3.61. The van der Waals surface area contributed by atoms with E-state index in [0.29, 0.717) is 17.8 Å². The highest BCUT2D eigenvalue weighted by atomic mass is 32.1. The summed E-state index contributed by atoms with van der Waals surface area (Å²) in [5, 5.41) is 8.22. The van der Waals surface area contributed by atoms with Crippen molar-refractivity contribution in [3.8, 4) is 5.75 Å². The number of rotatable bonds is 7. The molecule has 0 heterocycles. The van der Waals surface area contributed by atoms with Crippen molar-refractivity contribution in [2.75, 3.05) is 19.0 Å². The van der Waals surface area contributed by atoms with Crippen LogP contribution in [0.2, 0.25) is 0 Å². The molecule has 0 aromatic heterocycles. The molecule has 0 aliphatic heterocycles. The van der Waals surface area contributed by atoms with E-state index in [1.54, 1.807) is 55.7 Å². The maximum Gasteiger partial charge on any atom is 0.253 e. The molecule has 0 radical (unpaired) electrons. The topological polar surface area (TPSA) is 79.5 Å². The molecule has 7 heteroatoms. The number of carbonyl (C=O) groups is 2. The van der Waals surface area contributed by atoms with Gasteiger partial charge in [-0.1, -0.05) is 30.3 Å². The molecule has 2 aromatic carbocycles. The molecular formula is C21H21N3O3S. The first kappa shape index (κ1) is 20.9. The van der Waals surface area contributed by atoms with Gasteiger partial charge in [0.25, 0.3) is 5.91 Å². The van der Waals surface area contributed by atoms with E-state index in [-0.39, 0.29) is 16.9 Å². The van der Waals surface area contributed by atoms with Crippen molar-refractivity contribution in [1.82, 2.24) is 10.6 Å². The summed E-state index contributed by atoms with van der Waals surface area (Å²) >= 11 is 5.17. The number of thiocarbonyl (C=S) groups is 1. The first-order chi connectivity index (χ1) is 13.5. The molecule has 0 bridgehead atoms. The van der Waals surface area contributed by atoms with Crippen molar-refractivity contribution in [2.45, 2.75) is 0 Å². The summed E-state index contributed by atoms with van der Waals surface area (Å²) < 4.78 is 5.09. The lowest BCUT2D eigenvalue weighted by molar-refractivity contribution is -0.115. The fraction of sp³-hybridized carbons (Fsp3) is 0.0952. The van der Waals surface area contributed by atoms with Crippen LogP contribution in [0.25, 0.3) is 6.08 Å². The molecule has 2 amide bonds. The van der Waals surface area contributed by atoms with E-state index < -0.39 is 0 Å². The van der Waals surface area contributed by atoms with Gasteiger partial charge in [0.15, 0.2) is 5.11 Å². The van der Waals surface area contributed by atoms with E-state index in [2.05, 4.69) is 22.5 Å². The van der Waals surface area contributed by atoms with Crippen LogP contribution in [0.1, 0.15) is 15.9 Å². The Bertz CT molecular complexity index is 892. The van der Waals surface area contributed by atoms with Gasteiger partial charge >= 0.3 is 0 Å². The maximum atomic E-state index is 12.2. The highest BCUT2D eigenvalue weighted by Crippen LogP contribution is 2.15. The quantitative estimate of drug-likeness (QED) is 0.381. The second-order valence-corrected chi connectivity index (χ2v) is 6.00. The van der Waals surface area contributed by atoms with Gasteiger partial charge in [0.05, 0.1) is 18.4 Å². The standard InChI is InChI=1S/C21H21N3O3S/c1-3-14-22-20(26)17-6-4-5-7-18(17)23-21(28)24-19(25)13-10-15-8-11-16(27-2)12-9-15/h3-13H,1,14H2,2H3,(H,22,26)(H2,23,24,25,28). The molecule has 6 nitrogen and oxygen atoms in total. The monoisotopic (exact) mass is 395 g/mol. The van der Waals surface area contributed by atoms with Crippen LogP contribution >= 0.6 is 12.2 Å². The van der Waals surface area contributed by atoms with Gasteiger partial charge in [-0.2, -0.15) is 0 Å². The normalized spacial score (nSPS) is 10.2. The number of benzene rings is 2. The SMILES string of the molecule is C=CCNC(=O)c1ccccc1NC(=S)NC(=O)C=Cc1ccc(OC)cc1. The second kappa shape index (κ2) is 10.6. The zero-order valence-corrected chi connectivity index (χ0v) is 16.2. The fourth-order valence-corrected chi connectivity index (χ4v) is 2.45. The van der Waals surface area contributed by atoms with Crippen LogP contribution in [0.3, 0.4) is 0 Å². The number of nitrogens with one attached hydrogen (secondary N) is 3. The summed E-state index contributed by atoms with van der Waals surface area (Å²) in [6.07, 6.45) is 4.63. The van der Waals surface area contributed by atoms with Gasteiger partial charge in [-0.15, -0.1) is 6.58 Å². The minimum Gasteiger partial charge on any atom is -0.497 e. The second-order valence-electron chi connectivity index (χ2n) is 5.59. The van der Waals surface area contributed by atoms with Gasteiger partial charge in [0.2, 0.25) is 5.91 Å². The average molecular weight is 395 g/mol. The Balaban J connectivity index is 1.96. The van der Waals surface area contributed by atoms with Crippen LogP contribution in [0.5, 0.6) is 5.75 Å². The molecule has 3 N–H and O–H groups in total. The highest BCUT2D eigenvalue weighted by Gasteiger charge is 2.11. The number of methoxy groups -OCH3 is 1. The van der Waals surface area contributed by atoms with Crippen molar-refractivity contribution >= 4 is 40.9 Å². The fourth-order valence-electron chi connectivity index (χ4n) is 2.24. The molecular weight excluding hydrogens is 374 g/mol. The first-order valence-electron chi connectivity index (χ1n) is 8.45.